The van der Waals surface area contributed by atoms with Gasteiger partial charge < -0.3 is 40.1 Å². The Labute approximate surface area is 213 Å². The van der Waals surface area contributed by atoms with E-state index >= 15 is 0 Å². The third-order valence-electron chi connectivity index (χ3n) is 6.39. The van der Waals surface area contributed by atoms with E-state index in [-0.39, 0.29) is 5.75 Å². The normalized spacial score (nSPS) is 36.2. The van der Waals surface area contributed by atoms with Gasteiger partial charge in [-0.15, -0.1) is 16.9 Å². The van der Waals surface area contributed by atoms with E-state index < -0.39 is 79.3 Å². The molecule has 0 bridgehead atoms. The average Bonchev–Trinajstić information content (AvgIpc) is 3.37. The van der Waals surface area contributed by atoms with Crippen molar-refractivity contribution in [3.8, 4) is 11.3 Å². The molecule has 0 radical (unpaired) electrons. The number of benzene rings is 1. The van der Waals surface area contributed by atoms with Crippen molar-refractivity contribution in [3.63, 3.8) is 0 Å². The van der Waals surface area contributed by atoms with Crippen LogP contribution in [0.25, 0.3) is 21.7 Å². The molecule has 0 spiro atoms. The molecule has 0 saturated carbocycles. The van der Waals surface area contributed by atoms with Gasteiger partial charge in [-0.25, -0.2) is 9.07 Å². The van der Waals surface area contributed by atoms with Gasteiger partial charge in [0.1, 0.15) is 47.4 Å². The van der Waals surface area contributed by atoms with E-state index in [2.05, 4.69) is 20.3 Å². The number of hydrogen-bond acceptors (Lipinski definition) is 12. The Balaban J connectivity index is 1.51. The predicted molar refractivity (Wildman–Crippen MR) is 125 cm³/mol. The number of aliphatic hydroxyl groups is 6. The number of hydrogen-bond donors (Lipinski definition) is 6. The zero-order chi connectivity index (χ0) is 26.7. The van der Waals surface area contributed by atoms with Crippen molar-refractivity contribution in [3.05, 3.63) is 46.7 Å². The van der Waals surface area contributed by atoms with E-state index in [9.17, 15) is 35.0 Å². The monoisotopic (exact) mass is 542 g/mol. The van der Waals surface area contributed by atoms with Crippen LogP contribution in [-0.2, 0) is 9.47 Å². The molecule has 1 aromatic carbocycles. The molecule has 10 atom stereocenters. The summed E-state index contributed by atoms with van der Waals surface area (Å²) in [6.07, 6.45) is -7.39. The van der Waals surface area contributed by atoms with Crippen LogP contribution >= 0.6 is 11.8 Å². The first-order valence-electron chi connectivity index (χ1n) is 11.4. The molecule has 202 valence electrons. The van der Waals surface area contributed by atoms with E-state index in [1.807, 2.05) is 0 Å². The van der Waals surface area contributed by atoms with Gasteiger partial charge in [-0.1, -0.05) is 22.5 Å². The van der Waals surface area contributed by atoms with Crippen LogP contribution in [0.1, 0.15) is 6.04 Å². The zero-order valence-electron chi connectivity index (χ0n) is 19.3. The van der Waals surface area contributed by atoms with E-state index in [0.717, 1.165) is 11.8 Å². The first-order chi connectivity index (χ1) is 17.8. The summed E-state index contributed by atoms with van der Waals surface area (Å²) in [6, 6.07) is 3.30. The number of ether oxygens (including phenoxy) is 2. The Hall–Kier alpha value is -2.37. The molecule has 2 saturated heterocycles. The molecule has 37 heavy (non-hydrogen) atoms. The molecule has 2 aliphatic rings. The van der Waals surface area contributed by atoms with Gasteiger partial charge in [0.2, 0.25) is 0 Å². The number of halogens is 1. The van der Waals surface area contributed by atoms with Gasteiger partial charge in [0.25, 0.3) is 0 Å². The van der Waals surface area contributed by atoms with Gasteiger partial charge in [-0.2, -0.15) is 0 Å². The topological polar surface area (TPSA) is 219 Å². The van der Waals surface area contributed by atoms with Gasteiger partial charge >= 0.3 is 0 Å². The predicted octanol–water partition coefficient (Wildman–Crippen LogP) is -1.04. The largest absolute Gasteiger partial charge is 0.394 e. The van der Waals surface area contributed by atoms with E-state index in [4.69, 9.17) is 15.0 Å². The van der Waals surface area contributed by atoms with Crippen LogP contribution < -0.4 is 0 Å². The molecule has 14 nitrogen and oxygen atoms in total. The fourth-order valence-electron chi connectivity index (χ4n) is 4.42. The fourth-order valence-corrected chi connectivity index (χ4v) is 5.66. The maximum atomic E-state index is 13.6. The molecular weight excluding hydrogens is 515 g/mol. The second-order valence-corrected chi connectivity index (χ2v) is 9.83. The highest BCUT2D eigenvalue weighted by molar-refractivity contribution is 7.99. The summed E-state index contributed by atoms with van der Waals surface area (Å²) in [5.41, 5.74) is 8.46. The average molecular weight is 543 g/mol. The van der Waals surface area contributed by atoms with E-state index in [1.165, 1.54) is 29.1 Å². The molecule has 4 rings (SSSR count). The van der Waals surface area contributed by atoms with Crippen molar-refractivity contribution >= 4 is 11.8 Å². The Morgan fingerprint density at radius 3 is 2.41 bits per heavy atom. The maximum absolute atomic E-state index is 13.6. The number of azide groups is 1. The quantitative estimate of drug-likeness (QED) is 0.134. The molecule has 0 aliphatic carbocycles. The number of aliphatic hydroxyl groups excluding tert-OH is 6. The lowest BCUT2D eigenvalue weighted by Crippen LogP contribution is -2.59. The molecule has 6 N–H and O–H groups in total. The Bertz CT molecular complexity index is 1110. The van der Waals surface area contributed by atoms with Gasteiger partial charge in [-0.05, 0) is 17.7 Å². The van der Waals surface area contributed by atoms with Crippen molar-refractivity contribution in [1.82, 2.24) is 15.0 Å². The van der Waals surface area contributed by atoms with Crippen molar-refractivity contribution in [2.75, 3.05) is 19.0 Å². The third kappa shape index (κ3) is 5.73. The summed E-state index contributed by atoms with van der Waals surface area (Å²) in [6.45, 7) is -1.16. The van der Waals surface area contributed by atoms with Crippen LogP contribution in [0.4, 0.5) is 4.39 Å². The smallest absolute Gasteiger partial charge is 0.132 e. The first-order valence-corrected chi connectivity index (χ1v) is 12.4. The summed E-state index contributed by atoms with van der Waals surface area (Å²) in [4.78, 5) is 2.63. The number of nitrogens with zero attached hydrogens (tertiary/aromatic N) is 6. The Morgan fingerprint density at radius 1 is 1.03 bits per heavy atom. The summed E-state index contributed by atoms with van der Waals surface area (Å²) >= 11 is 0.986. The van der Waals surface area contributed by atoms with Crippen LogP contribution in [0.15, 0.2) is 35.6 Å². The van der Waals surface area contributed by atoms with Gasteiger partial charge in [0.15, 0.2) is 0 Å². The standard InChI is InChI=1S/C21H27FN6O8S/c22-10-3-1-2-9(4-10)11-5-28(27-24-11)16-19(33)13(7-30)36-21(20(16)34)37-8-14-18(32)15(25-26-23)17(31)12(6-29)35-14/h1-5,12-21,29-34H,6-8H2/t12-,13?,14+,15?,16?,17?,18+,19+,20?,21+/m1/s1. The fraction of sp³-hybridized carbons (Fsp3) is 0.619. The summed E-state index contributed by atoms with van der Waals surface area (Å²) in [5, 5.41) is 73.3. The van der Waals surface area contributed by atoms with Gasteiger partial charge in [0, 0.05) is 16.2 Å². The molecule has 5 unspecified atom stereocenters. The Morgan fingerprint density at radius 2 is 1.73 bits per heavy atom. The van der Waals surface area contributed by atoms with Gasteiger partial charge in [-0.3, -0.25) is 0 Å². The van der Waals surface area contributed by atoms with E-state index in [0.29, 0.717) is 11.3 Å². The SMILES string of the molecule is [N-]=[N+]=NC1C(O)[C@@H](CO)O[C@@H](CS[C@@H]2OC(CO)[C@H](O)C(n3cc(-c4cccc(F)c4)nn3)C2O)[C@@H]1O. The second-order valence-electron chi connectivity index (χ2n) is 8.70. The zero-order valence-corrected chi connectivity index (χ0v) is 20.1. The first kappa shape index (κ1) is 27.7. The molecule has 3 heterocycles. The lowest BCUT2D eigenvalue weighted by Gasteiger charge is -2.43. The lowest BCUT2D eigenvalue weighted by atomic mass is 9.94. The summed E-state index contributed by atoms with van der Waals surface area (Å²) in [7, 11) is 0. The summed E-state index contributed by atoms with van der Waals surface area (Å²) < 4.78 is 26.1. The van der Waals surface area contributed by atoms with Gasteiger partial charge in [0.05, 0.1) is 43.8 Å². The highest BCUT2D eigenvalue weighted by atomic mass is 32.2. The van der Waals surface area contributed by atoms with Crippen molar-refractivity contribution in [1.29, 1.82) is 0 Å². The van der Waals surface area contributed by atoms with Crippen LogP contribution in [0, 0.1) is 5.82 Å². The van der Waals surface area contributed by atoms with Crippen molar-refractivity contribution in [2.45, 2.75) is 60.2 Å². The second kappa shape index (κ2) is 12.0. The molecular formula is C21H27FN6O8S. The highest BCUT2D eigenvalue weighted by Crippen LogP contribution is 2.37. The third-order valence-corrected chi connectivity index (χ3v) is 7.62. The molecule has 16 heteroatoms. The number of rotatable bonds is 8. The number of aromatic nitrogens is 3. The maximum Gasteiger partial charge on any atom is 0.132 e. The Kier molecular flexibility index (Phi) is 8.97. The van der Waals surface area contributed by atoms with Crippen LogP contribution in [-0.4, -0.2) is 119 Å². The highest BCUT2D eigenvalue weighted by Gasteiger charge is 2.48. The van der Waals surface area contributed by atoms with Crippen LogP contribution in [0.3, 0.4) is 0 Å². The minimum Gasteiger partial charge on any atom is -0.394 e. The molecule has 0 amide bonds. The molecule has 1 aromatic heterocycles. The molecule has 2 fully saturated rings. The summed E-state index contributed by atoms with van der Waals surface area (Å²) in [5.74, 6) is -0.503. The van der Waals surface area contributed by atoms with Crippen molar-refractivity contribution in [2.24, 2.45) is 5.11 Å². The van der Waals surface area contributed by atoms with E-state index in [1.54, 1.807) is 6.07 Å². The lowest BCUT2D eigenvalue weighted by molar-refractivity contribution is -0.184. The van der Waals surface area contributed by atoms with Crippen LogP contribution in [0.5, 0.6) is 0 Å². The number of thioether (sulfide) groups is 1. The minimum absolute atomic E-state index is 0.0313. The minimum atomic E-state index is -1.42. The van der Waals surface area contributed by atoms with Crippen molar-refractivity contribution < 1.29 is 44.5 Å². The molecule has 2 aromatic rings. The van der Waals surface area contributed by atoms with Crippen LogP contribution in [0.2, 0.25) is 0 Å². The molecule has 2 aliphatic heterocycles.